The summed E-state index contributed by atoms with van der Waals surface area (Å²) in [6.45, 7) is 10.7. The Hall–Kier alpha value is -1.79. The van der Waals surface area contributed by atoms with Gasteiger partial charge in [-0.15, -0.1) is 6.58 Å². The summed E-state index contributed by atoms with van der Waals surface area (Å²) < 4.78 is 14.8. The molecule has 22 heavy (non-hydrogen) atoms. The van der Waals surface area contributed by atoms with Crippen molar-refractivity contribution in [1.29, 1.82) is 0 Å². The van der Waals surface area contributed by atoms with Crippen LogP contribution in [0.15, 0.2) is 49.6 Å². The molecule has 1 N–H and O–H groups in total. The van der Waals surface area contributed by atoms with E-state index in [9.17, 15) is 9.50 Å². The van der Waals surface area contributed by atoms with Crippen LogP contribution in [0.4, 0.5) is 4.39 Å². The quantitative estimate of drug-likeness (QED) is 0.657. The van der Waals surface area contributed by atoms with Crippen molar-refractivity contribution in [1.82, 2.24) is 14.8 Å². The maximum atomic E-state index is 13.2. The van der Waals surface area contributed by atoms with Gasteiger partial charge < -0.3 is 5.11 Å². The maximum absolute atomic E-state index is 13.2. The molecule has 1 aromatic carbocycles. The molecule has 0 spiro atoms. The molecule has 0 aliphatic carbocycles. The summed E-state index contributed by atoms with van der Waals surface area (Å²) in [4.78, 5) is 3.93. The molecule has 2 aromatic rings. The number of rotatable bonds is 6. The second kappa shape index (κ2) is 6.14. The van der Waals surface area contributed by atoms with Crippen LogP contribution in [0.25, 0.3) is 0 Å². The largest absolute Gasteiger partial charge is 0.383 e. The fourth-order valence-corrected chi connectivity index (χ4v) is 5.33. The highest BCUT2D eigenvalue weighted by Gasteiger charge is 2.44. The first-order valence-electron chi connectivity index (χ1n) is 7.21. The maximum Gasteiger partial charge on any atom is 0.137 e. The fourth-order valence-electron chi connectivity index (χ4n) is 2.93. The summed E-state index contributed by atoms with van der Waals surface area (Å²) in [7, 11) is -1.78. The van der Waals surface area contributed by atoms with Crippen LogP contribution in [0.1, 0.15) is 5.56 Å². The van der Waals surface area contributed by atoms with E-state index in [4.69, 9.17) is 0 Å². The summed E-state index contributed by atoms with van der Waals surface area (Å²) in [5.74, 6) is -0.324. The molecule has 0 aliphatic heterocycles. The lowest BCUT2D eigenvalue weighted by Gasteiger charge is -2.41. The van der Waals surface area contributed by atoms with Crippen LogP contribution in [0.5, 0.6) is 0 Å². The first-order valence-corrected chi connectivity index (χ1v) is 10.8. The van der Waals surface area contributed by atoms with E-state index in [-0.39, 0.29) is 17.9 Å². The number of nitrogens with zero attached hydrogens (tertiary/aromatic N) is 3. The Kier molecular flexibility index (Phi) is 4.62. The molecular formula is C16H22FN3OSi. The van der Waals surface area contributed by atoms with Gasteiger partial charge in [0.15, 0.2) is 0 Å². The minimum absolute atomic E-state index is 0.116. The van der Waals surface area contributed by atoms with Gasteiger partial charge in [0.1, 0.15) is 24.1 Å². The molecular weight excluding hydrogens is 297 g/mol. The molecule has 0 fully saturated rings. The molecule has 1 heterocycles. The van der Waals surface area contributed by atoms with Crippen molar-refractivity contribution in [3.05, 3.63) is 61.0 Å². The molecule has 0 amide bonds. The second-order valence-corrected chi connectivity index (χ2v) is 12.0. The SMILES string of the molecule is C=CC(C(O)(Cn1cncn1)c1ccc(F)cc1)[Si](C)(C)C. The van der Waals surface area contributed by atoms with Crippen LogP contribution in [0.2, 0.25) is 25.2 Å². The summed E-state index contributed by atoms with van der Waals surface area (Å²) in [5, 5.41) is 15.6. The predicted molar refractivity (Wildman–Crippen MR) is 87.6 cm³/mol. The topological polar surface area (TPSA) is 50.9 Å². The van der Waals surface area contributed by atoms with Crippen LogP contribution < -0.4 is 0 Å². The van der Waals surface area contributed by atoms with Gasteiger partial charge in [0.05, 0.1) is 14.6 Å². The third-order valence-corrected chi connectivity index (χ3v) is 6.48. The molecule has 2 rings (SSSR count). The highest BCUT2D eigenvalue weighted by molar-refractivity contribution is 6.78. The van der Waals surface area contributed by atoms with E-state index in [1.54, 1.807) is 23.1 Å². The molecule has 118 valence electrons. The van der Waals surface area contributed by atoms with Gasteiger partial charge in [-0.2, -0.15) is 5.10 Å². The molecule has 2 unspecified atom stereocenters. The monoisotopic (exact) mass is 319 g/mol. The van der Waals surface area contributed by atoms with Crippen molar-refractivity contribution in [3.8, 4) is 0 Å². The van der Waals surface area contributed by atoms with Crippen molar-refractivity contribution in [2.75, 3.05) is 0 Å². The highest BCUT2D eigenvalue weighted by Crippen LogP contribution is 2.42. The lowest BCUT2D eigenvalue weighted by atomic mass is 9.89. The van der Waals surface area contributed by atoms with Gasteiger partial charge >= 0.3 is 0 Å². The highest BCUT2D eigenvalue weighted by atomic mass is 28.3. The van der Waals surface area contributed by atoms with E-state index in [1.165, 1.54) is 18.5 Å². The van der Waals surface area contributed by atoms with Gasteiger partial charge in [-0.3, -0.25) is 0 Å². The minimum Gasteiger partial charge on any atom is -0.383 e. The molecule has 4 nitrogen and oxygen atoms in total. The van der Waals surface area contributed by atoms with E-state index < -0.39 is 13.7 Å². The van der Waals surface area contributed by atoms with Gasteiger partial charge in [-0.1, -0.05) is 37.8 Å². The molecule has 0 bridgehead atoms. The number of benzene rings is 1. The average molecular weight is 319 g/mol. The number of hydrogen-bond acceptors (Lipinski definition) is 3. The van der Waals surface area contributed by atoms with Gasteiger partial charge in [-0.25, -0.2) is 14.1 Å². The minimum atomic E-state index is -1.78. The normalized spacial score (nSPS) is 16.0. The number of hydrogen-bond donors (Lipinski definition) is 1. The second-order valence-electron chi connectivity index (χ2n) is 6.60. The first-order chi connectivity index (χ1) is 10.3. The average Bonchev–Trinajstić information content (AvgIpc) is 2.91. The Morgan fingerprint density at radius 1 is 1.36 bits per heavy atom. The Labute approximate surface area is 131 Å². The van der Waals surface area contributed by atoms with E-state index >= 15 is 0 Å². The van der Waals surface area contributed by atoms with Crippen LogP contribution in [0, 0.1) is 5.82 Å². The van der Waals surface area contributed by atoms with E-state index in [2.05, 4.69) is 36.3 Å². The van der Waals surface area contributed by atoms with Gasteiger partial charge in [0.25, 0.3) is 0 Å². The van der Waals surface area contributed by atoms with E-state index in [0.717, 1.165) is 0 Å². The predicted octanol–water partition coefficient (Wildman–Crippen LogP) is 3.20. The molecule has 1 aromatic heterocycles. The van der Waals surface area contributed by atoms with Crippen LogP contribution in [-0.4, -0.2) is 27.9 Å². The molecule has 0 saturated carbocycles. The zero-order valence-electron chi connectivity index (χ0n) is 13.2. The molecule has 0 aliphatic rings. The van der Waals surface area contributed by atoms with Crippen molar-refractivity contribution in [3.63, 3.8) is 0 Å². The van der Waals surface area contributed by atoms with Gasteiger partial charge in [0.2, 0.25) is 0 Å². The van der Waals surface area contributed by atoms with Crippen molar-refractivity contribution < 1.29 is 9.50 Å². The first kappa shape index (κ1) is 16.6. The summed E-state index contributed by atoms with van der Waals surface area (Å²) in [5.41, 5.74) is -0.653. The van der Waals surface area contributed by atoms with Crippen molar-refractivity contribution in [2.45, 2.75) is 37.3 Å². The number of aromatic nitrogens is 3. The molecule has 0 saturated heterocycles. The lowest BCUT2D eigenvalue weighted by Crippen LogP contribution is -2.46. The third kappa shape index (κ3) is 3.33. The van der Waals surface area contributed by atoms with E-state index in [1.807, 2.05) is 6.08 Å². The Morgan fingerprint density at radius 2 is 2.00 bits per heavy atom. The standard InChI is InChI=1S/C16H22FN3OSi/c1-5-15(22(2,3)4)16(21,10-20-12-18-11-19-20)13-6-8-14(17)9-7-13/h5-9,11-12,15,21H,1,10H2,2-4H3. The Bertz CT molecular complexity index is 622. The summed E-state index contributed by atoms with van der Waals surface area (Å²) in [6.07, 6.45) is 4.81. The fraction of sp³-hybridized carbons (Fsp3) is 0.375. The van der Waals surface area contributed by atoms with Crippen LogP contribution >= 0.6 is 0 Å². The summed E-state index contributed by atoms with van der Waals surface area (Å²) in [6, 6.07) is 5.99. The Balaban J connectivity index is 2.52. The van der Waals surface area contributed by atoms with E-state index in [0.29, 0.717) is 5.56 Å². The lowest BCUT2D eigenvalue weighted by molar-refractivity contribution is 0.0161. The molecule has 0 radical (unpaired) electrons. The number of halogens is 1. The zero-order chi connectivity index (χ0) is 16.4. The number of aliphatic hydroxyl groups is 1. The summed E-state index contributed by atoms with van der Waals surface area (Å²) >= 11 is 0. The molecule has 6 heteroatoms. The third-order valence-electron chi connectivity index (χ3n) is 3.90. The molecule has 2 atom stereocenters. The zero-order valence-corrected chi connectivity index (χ0v) is 14.2. The smallest absolute Gasteiger partial charge is 0.137 e. The van der Waals surface area contributed by atoms with Crippen LogP contribution in [0.3, 0.4) is 0 Å². The van der Waals surface area contributed by atoms with Crippen LogP contribution in [-0.2, 0) is 12.1 Å². The van der Waals surface area contributed by atoms with Crippen molar-refractivity contribution in [2.24, 2.45) is 0 Å². The van der Waals surface area contributed by atoms with Crippen molar-refractivity contribution >= 4 is 8.07 Å². The Morgan fingerprint density at radius 3 is 2.45 bits per heavy atom. The van der Waals surface area contributed by atoms with Gasteiger partial charge in [-0.05, 0) is 17.7 Å². The van der Waals surface area contributed by atoms with Gasteiger partial charge in [0, 0.05) is 5.54 Å².